The largest absolute Gasteiger partial charge is 0.496 e. The molecule has 1 heterocycles. The van der Waals surface area contributed by atoms with Crippen molar-refractivity contribution in [1.82, 2.24) is 0 Å². The average molecular weight is 521 g/mol. The Morgan fingerprint density at radius 2 is 1.70 bits per heavy atom. The number of nitrogens with two attached hydrogens (primary N) is 1. The van der Waals surface area contributed by atoms with Gasteiger partial charge >= 0.3 is 12.1 Å². The minimum absolute atomic E-state index is 0.564. The molecule has 0 saturated carbocycles. The third-order valence-electron chi connectivity index (χ3n) is 5.18. The Morgan fingerprint density at radius 1 is 1.06 bits per heavy atom. The summed E-state index contributed by atoms with van der Waals surface area (Å²) < 4.78 is 38.2. The maximum Gasteiger partial charge on any atom is 0.490 e. The molecule has 1 aliphatic heterocycles. The highest BCUT2D eigenvalue weighted by Gasteiger charge is 2.43. The second-order valence-corrected chi connectivity index (χ2v) is 8.17. The fourth-order valence-electron chi connectivity index (χ4n) is 3.75. The molecule has 0 radical (unpaired) electrons. The Bertz CT molecular complexity index is 1230. The molecular formula is C24H20BrF3N2O3. The number of carboxylic acids is 1. The lowest BCUT2D eigenvalue weighted by Crippen LogP contribution is -2.25. The molecule has 0 aromatic heterocycles. The number of aliphatic carboxylic acids is 1. The van der Waals surface area contributed by atoms with Gasteiger partial charge in [-0.1, -0.05) is 58.4 Å². The molecule has 0 fully saturated rings. The number of nitrogens with zero attached hydrogens (tertiary/aromatic N) is 1. The first-order valence-corrected chi connectivity index (χ1v) is 10.5. The van der Waals surface area contributed by atoms with Gasteiger partial charge < -0.3 is 15.6 Å². The van der Waals surface area contributed by atoms with Crippen molar-refractivity contribution in [3.63, 3.8) is 0 Å². The van der Waals surface area contributed by atoms with Gasteiger partial charge in [0.05, 0.1) is 7.11 Å². The van der Waals surface area contributed by atoms with Gasteiger partial charge in [-0.2, -0.15) is 13.2 Å². The molecule has 1 unspecified atom stereocenters. The van der Waals surface area contributed by atoms with E-state index in [1.165, 1.54) is 0 Å². The minimum Gasteiger partial charge on any atom is -0.496 e. The Kier molecular flexibility index (Phi) is 6.83. The normalized spacial score (nSPS) is 16.8. The van der Waals surface area contributed by atoms with Crippen molar-refractivity contribution in [3.05, 3.63) is 99.0 Å². The van der Waals surface area contributed by atoms with E-state index in [0.29, 0.717) is 5.84 Å². The van der Waals surface area contributed by atoms with Crippen molar-refractivity contribution in [2.75, 3.05) is 7.11 Å². The number of rotatable bonds is 3. The summed E-state index contributed by atoms with van der Waals surface area (Å²) in [6, 6.07) is 22.6. The van der Waals surface area contributed by atoms with Crippen molar-refractivity contribution in [3.8, 4) is 5.75 Å². The number of carbonyl (C=O) groups is 1. The van der Waals surface area contributed by atoms with Crippen LogP contribution in [-0.2, 0) is 10.3 Å². The Labute approximate surface area is 196 Å². The highest BCUT2D eigenvalue weighted by atomic mass is 79.9. The Balaban J connectivity index is 0.000000383. The molecule has 9 heteroatoms. The van der Waals surface area contributed by atoms with Crippen LogP contribution in [0.3, 0.4) is 0 Å². The van der Waals surface area contributed by atoms with Gasteiger partial charge in [0, 0.05) is 10.0 Å². The molecule has 5 nitrogen and oxygen atoms in total. The molecule has 172 valence electrons. The van der Waals surface area contributed by atoms with Gasteiger partial charge in [-0.05, 0) is 53.4 Å². The van der Waals surface area contributed by atoms with Crippen LogP contribution < -0.4 is 10.5 Å². The molecule has 33 heavy (non-hydrogen) atoms. The number of hydrogen-bond acceptors (Lipinski definition) is 4. The highest BCUT2D eigenvalue weighted by Crippen LogP contribution is 2.47. The van der Waals surface area contributed by atoms with Crippen molar-refractivity contribution in [1.29, 1.82) is 0 Å². The molecule has 0 bridgehead atoms. The van der Waals surface area contributed by atoms with Gasteiger partial charge in [-0.3, -0.25) is 0 Å². The standard InChI is InChI=1S/C22H19BrN2O.C2HF3O2/c1-14-12-16(10-11-20(14)26-2)22(15-6-5-7-17(23)13-15)19-9-4-3-8-18(19)21(24)25-22;3-2(4,5)1(6)7/h3-13H,1-2H3,(H2,24,25);(H,6,7). The van der Waals surface area contributed by atoms with E-state index in [2.05, 4.69) is 46.3 Å². The number of methoxy groups -OCH3 is 1. The quantitative estimate of drug-likeness (QED) is 0.483. The molecular weight excluding hydrogens is 501 g/mol. The zero-order valence-electron chi connectivity index (χ0n) is 17.7. The number of hydrogen-bond donors (Lipinski definition) is 2. The molecule has 4 rings (SSSR count). The monoisotopic (exact) mass is 520 g/mol. The number of aryl methyl sites for hydroxylation is 1. The Hall–Kier alpha value is -3.33. The van der Waals surface area contributed by atoms with Crippen LogP contribution in [0.25, 0.3) is 0 Å². The number of carboxylic acid groups (broad SMARTS) is 1. The maximum absolute atomic E-state index is 10.6. The molecule has 0 aliphatic carbocycles. The molecule has 0 amide bonds. The van der Waals surface area contributed by atoms with Gasteiger partial charge in [-0.25, -0.2) is 9.79 Å². The fraction of sp³-hybridized carbons (Fsp3) is 0.167. The summed E-state index contributed by atoms with van der Waals surface area (Å²) in [5, 5.41) is 7.12. The number of halogens is 4. The summed E-state index contributed by atoms with van der Waals surface area (Å²) in [5.41, 5.74) is 11.0. The molecule has 1 aliphatic rings. The molecule has 3 aromatic rings. The van der Waals surface area contributed by atoms with Gasteiger partial charge in [0.1, 0.15) is 17.1 Å². The lowest BCUT2D eigenvalue weighted by Gasteiger charge is -2.30. The SMILES string of the molecule is COc1ccc(C2(c3cccc(Br)c3)N=C(N)c3ccccc32)cc1C.O=C(O)C(F)(F)F. The topological polar surface area (TPSA) is 84.9 Å². The maximum atomic E-state index is 10.6. The minimum atomic E-state index is -5.08. The number of fused-ring (bicyclic) bond motifs is 1. The van der Waals surface area contributed by atoms with Crippen molar-refractivity contribution >= 4 is 27.7 Å². The number of aliphatic imine (C=N–C) groups is 1. The van der Waals surface area contributed by atoms with E-state index in [1.54, 1.807) is 7.11 Å². The van der Waals surface area contributed by atoms with Crippen LogP contribution in [0.1, 0.15) is 27.8 Å². The number of amidine groups is 1. The lowest BCUT2D eigenvalue weighted by molar-refractivity contribution is -0.192. The van der Waals surface area contributed by atoms with Crippen LogP contribution in [0.15, 0.2) is 76.2 Å². The third-order valence-corrected chi connectivity index (χ3v) is 5.67. The fourth-order valence-corrected chi connectivity index (χ4v) is 4.15. The van der Waals surface area contributed by atoms with Gasteiger partial charge in [0.25, 0.3) is 0 Å². The zero-order chi connectivity index (χ0) is 24.4. The van der Waals surface area contributed by atoms with E-state index >= 15 is 0 Å². The molecule has 1 atom stereocenters. The van der Waals surface area contributed by atoms with E-state index in [4.69, 9.17) is 25.4 Å². The van der Waals surface area contributed by atoms with E-state index in [-0.39, 0.29) is 0 Å². The van der Waals surface area contributed by atoms with Crippen LogP contribution in [0.4, 0.5) is 13.2 Å². The summed E-state index contributed by atoms with van der Waals surface area (Å²) in [4.78, 5) is 13.9. The van der Waals surface area contributed by atoms with Crippen molar-refractivity contribution in [2.24, 2.45) is 10.7 Å². The van der Waals surface area contributed by atoms with E-state index in [9.17, 15) is 13.2 Å². The van der Waals surface area contributed by atoms with E-state index in [0.717, 1.165) is 38.0 Å². The number of ether oxygens (including phenoxy) is 1. The molecule has 3 aromatic carbocycles. The zero-order valence-corrected chi connectivity index (χ0v) is 19.2. The number of benzene rings is 3. The molecule has 0 spiro atoms. The first-order chi connectivity index (χ1) is 15.5. The van der Waals surface area contributed by atoms with Crippen LogP contribution in [-0.4, -0.2) is 30.2 Å². The summed E-state index contributed by atoms with van der Waals surface area (Å²) in [7, 11) is 1.69. The summed E-state index contributed by atoms with van der Waals surface area (Å²) >= 11 is 3.60. The van der Waals surface area contributed by atoms with E-state index < -0.39 is 17.7 Å². The second-order valence-electron chi connectivity index (χ2n) is 7.25. The van der Waals surface area contributed by atoms with Gasteiger partial charge in [0.2, 0.25) is 0 Å². The van der Waals surface area contributed by atoms with Crippen LogP contribution in [0.5, 0.6) is 5.75 Å². The third kappa shape index (κ3) is 4.73. The summed E-state index contributed by atoms with van der Waals surface area (Å²) in [6.07, 6.45) is -5.08. The Morgan fingerprint density at radius 3 is 2.27 bits per heavy atom. The van der Waals surface area contributed by atoms with Crippen molar-refractivity contribution in [2.45, 2.75) is 18.6 Å². The molecule has 3 N–H and O–H groups in total. The van der Waals surface area contributed by atoms with Crippen LogP contribution in [0, 0.1) is 6.92 Å². The number of alkyl halides is 3. The summed E-state index contributed by atoms with van der Waals surface area (Å²) in [6.45, 7) is 2.05. The smallest absolute Gasteiger partial charge is 0.490 e. The first-order valence-electron chi connectivity index (χ1n) is 9.67. The van der Waals surface area contributed by atoms with Crippen LogP contribution >= 0.6 is 15.9 Å². The lowest BCUT2D eigenvalue weighted by atomic mass is 9.77. The average Bonchev–Trinajstić information content (AvgIpc) is 3.07. The van der Waals surface area contributed by atoms with Crippen molar-refractivity contribution < 1.29 is 27.8 Å². The molecule has 0 saturated heterocycles. The highest BCUT2D eigenvalue weighted by molar-refractivity contribution is 9.10. The first kappa shape index (κ1) is 24.3. The predicted octanol–water partition coefficient (Wildman–Crippen LogP) is 5.41. The van der Waals surface area contributed by atoms with E-state index in [1.807, 2.05) is 43.3 Å². The van der Waals surface area contributed by atoms with Gasteiger partial charge in [-0.15, -0.1) is 0 Å². The predicted molar refractivity (Wildman–Crippen MR) is 123 cm³/mol. The summed E-state index contributed by atoms with van der Waals surface area (Å²) in [5.74, 6) is -1.33. The second kappa shape index (κ2) is 9.27. The van der Waals surface area contributed by atoms with Crippen LogP contribution in [0.2, 0.25) is 0 Å². The van der Waals surface area contributed by atoms with Gasteiger partial charge in [0.15, 0.2) is 0 Å².